The molecule has 3 atom stereocenters. The molecule has 1 fully saturated rings. The summed E-state index contributed by atoms with van der Waals surface area (Å²) in [6.07, 6.45) is 0.367. The summed E-state index contributed by atoms with van der Waals surface area (Å²) in [5.74, 6) is 0. The lowest BCUT2D eigenvalue weighted by Gasteiger charge is -2.34. The fraction of sp³-hybridized carbons (Fsp3) is 0.312. The van der Waals surface area contributed by atoms with Gasteiger partial charge in [-0.25, -0.2) is 4.79 Å². The highest BCUT2D eigenvalue weighted by Crippen LogP contribution is 2.18. The van der Waals surface area contributed by atoms with E-state index in [9.17, 15) is 4.79 Å². The van der Waals surface area contributed by atoms with E-state index in [-0.39, 0.29) is 24.5 Å². The Morgan fingerprint density at radius 2 is 1.95 bits per heavy atom. The molecule has 6 heteroatoms. The molecule has 0 radical (unpaired) electrons. The van der Waals surface area contributed by atoms with Gasteiger partial charge in [-0.3, -0.25) is 10.6 Å². The van der Waals surface area contributed by atoms with Crippen LogP contribution in [0.4, 0.5) is 10.5 Å². The Labute approximate surface area is 129 Å². The summed E-state index contributed by atoms with van der Waals surface area (Å²) in [5.41, 5.74) is 6.64. The molecule has 3 unspecified atom stereocenters. The summed E-state index contributed by atoms with van der Waals surface area (Å²) in [7, 11) is 0. The number of fused-ring (bicyclic) bond motifs is 1. The van der Waals surface area contributed by atoms with Crippen LogP contribution < -0.4 is 27.0 Å². The number of carbonyl (C=O) groups is 1. The van der Waals surface area contributed by atoms with Gasteiger partial charge >= 0.3 is 6.03 Å². The number of nitrogens with one attached hydrogen (secondary N) is 4. The normalized spacial score (nSPS) is 24.9. The minimum atomic E-state index is -0.334. The number of hydrogen-bond donors (Lipinski definition) is 5. The van der Waals surface area contributed by atoms with Crippen LogP contribution in [-0.2, 0) is 0 Å². The quantitative estimate of drug-likeness (QED) is 0.581. The molecular formula is C16H21N5O. The fourth-order valence-corrected chi connectivity index (χ4v) is 2.71. The maximum Gasteiger partial charge on any atom is 0.321 e. The third kappa shape index (κ3) is 3.54. The monoisotopic (exact) mass is 299 g/mol. The van der Waals surface area contributed by atoms with Gasteiger partial charge in [0.25, 0.3) is 0 Å². The van der Waals surface area contributed by atoms with E-state index < -0.39 is 0 Å². The summed E-state index contributed by atoms with van der Waals surface area (Å²) in [6.45, 7) is 2.04. The minimum absolute atomic E-state index is 0.123. The molecule has 6 nitrogen and oxygen atoms in total. The topological polar surface area (TPSA) is 91.2 Å². The number of amides is 2. The van der Waals surface area contributed by atoms with Gasteiger partial charge in [-0.1, -0.05) is 30.3 Å². The van der Waals surface area contributed by atoms with Gasteiger partial charge in [-0.2, -0.15) is 0 Å². The second-order valence-corrected chi connectivity index (χ2v) is 5.67. The highest BCUT2D eigenvalue weighted by atomic mass is 16.2. The van der Waals surface area contributed by atoms with Crippen LogP contribution in [0, 0.1) is 0 Å². The number of carbonyl (C=O) groups excluding carboxylic acids is 1. The van der Waals surface area contributed by atoms with Crippen molar-refractivity contribution in [1.29, 1.82) is 0 Å². The van der Waals surface area contributed by atoms with Crippen molar-refractivity contribution < 1.29 is 4.79 Å². The van der Waals surface area contributed by atoms with Crippen molar-refractivity contribution >= 4 is 22.5 Å². The van der Waals surface area contributed by atoms with Crippen LogP contribution in [0.25, 0.3) is 10.8 Å². The van der Waals surface area contributed by atoms with Crippen molar-refractivity contribution in [3.63, 3.8) is 0 Å². The second kappa shape index (κ2) is 6.31. The summed E-state index contributed by atoms with van der Waals surface area (Å²) >= 11 is 0. The average molecular weight is 299 g/mol. The zero-order valence-electron chi connectivity index (χ0n) is 12.5. The highest BCUT2D eigenvalue weighted by molar-refractivity contribution is 5.93. The molecule has 0 aromatic heterocycles. The van der Waals surface area contributed by atoms with Crippen LogP contribution in [0.3, 0.4) is 0 Å². The van der Waals surface area contributed by atoms with E-state index in [1.807, 2.05) is 49.4 Å². The van der Waals surface area contributed by atoms with Crippen LogP contribution in [0.5, 0.6) is 0 Å². The zero-order chi connectivity index (χ0) is 15.5. The fourth-order valence-electron chi connectivity index (χ4n) is 2.71. The Hall–Kier alpha value is -2.15. The Kier molecular flexibility index (Phi) is 4.24. The van der Waals surface area contributed by atoms with E-state index in [1.54, 1.807) is 0 Å². The lowest BCUT2D eigenvalue weighted by Crippen LogP contribution is -2.66. The maximum atomic E-state index is 12.1. The van der Waals surface area contributed by atoms with Crippen LogP contribution in [0.2, 0.25) is 0 Å². The van der Waals surface area contributed by atoms with Crippen molar-refractivity contribution in [3.05, 3.63) is 42.5 Å². The first kappa shape index (κ1) is 14.8. The summed E-state index contributed by atoms with van der Waals surface area (Å²) in [6, 6.07) is 13.8. The highest BCUT2D eigenvalue weighted by Gasteiger charge is 2.23. The lowest BCUT2D eigenvalue weighted by atomic mass is 10.1. The summed E-state index contributed by atoms with van der Waals surface area (Å²) < 4.78 is 0. The van der Waals surface area contributed by atoms with Crippen molar-refractivity contribution in [3.8, 4) is 0 Å². The molecular weight excluding hydrogens is 278 g/mol. The first-order valence-electron chi connectivity index (χ1n) is 7.44. The SMILES string of the molecule is CC1CC(N)NC(NC(=O)Nc2ccc3ccccc3c2)N1. The molecule has 22 heavy (non-hydrogen) atoms. The zero-order valence-corrected chi connectivity index (χ0v) is 12.5. The third-order valence-electron chi connectivity index (χ3n) is 3.72. The third-order valence-corrected chi connectivity index (χ3v) is 3.72. The number of anilines is 1. The second-order valence-electron chi connectivity index (χ2n) is 5.67. The van der Waals surface area contributed by atoms with Crippen LogP contribution in [-0.4, -0.2) is 24.5 Å². The molecule has 2 amide bonds. The Bertz CT molecular complexity index is 664. The molecule has 2 aromatic rings. The van der Waals surface area contributed by atoms with Gasteiger partial charge < -0.3 is 16.4 Å². The van der Waals surface area contributed by atoms with E-state index in [0.29, 0.717) is 0 Å². The van der Waals surface area contributed by atoms with Gasteiger partial charge in [0.15, 0.2) is 0 Å². The van der Waals surface area contributed by atoms with E-state index >= 15 is 0 Å². The van der Waals surface area contributed by atoms with E-state index in [1.165, 1.54) is 0 Å². The number of urea groups is 1. The Morgan fingerprint density at radius 1 is 1.18 bits per heavy atom. The van der Waals surface area contributed by atoms with Gasteiger partial charge in [0.1, 0.15) is 6.29 Å². The van der Waals surface area contributed by atoms with Crippen molar-refractivity contribution in [2.24, 2.45) is 5.73 Å². The van der Waals surface area contributed by atoms with E-state index in [2.05, 4.69) is 21.3 Å². The molecule has 2 aromatic carbocycles. The number of benzene rings is 2. The molecule has 0 bridgehead atoms. The molecule has 1 aliphatic rings. The largest absolute Gasteiger partial charge is 0.321 e. The molecule has 1 heterocycles. The molecule has 3 rings (SSSR count). The molecule has 116 valence electrons. The first-order valence-corrected chi connectivity index (χ1v) is 7.44. The van der Waals surface area contributed by atoms with Gasteiger partial charge in [-0.05, 0) is 36.2 Å². The van der Waals surface area contributed by atoms with Gasteiger partial charge in [-0.15, -0.1) is 0 Å². The van der Waals surface area contributed by atoms with Crippen LogP contribution in [0.1, 0.15) is 13.3 Å². The molecule has 0 spiro atoms. The van der Waals surface area contributed by atoms with Gasteiger partial charge in [0.2, 0.25) is 0 Å². The number of hydrogen-bond acceptors (Lipinski definition) is 4. The van der Waals surface area contributed by atoms with Crippen molar-refractivity contribution in [1.82, 2.24) is 16.0 Å². The van der Waals surface area contributed by atoms with Gasteiger partial charge in [0, 0.05) is 11.7 Å². The van der Waals surface area contributed by atoms with Crippen molar-refractivity contribution in [2.75, 3.05) is 5.32 Å². The molecule has 6 N–H and O–H groups in total. The molecule has 1 saturated heterocycles. The van der Waals surface area contributed by atoms with E-state index in [0.717, 1.165) is 22.9 Å². The van der Waals surface area contributed by atoms with Crippen molar-refractivity contribution in [2.45, 2.75) is 31.8 Å². The van der Waals surface area contributed by atoms with E-state index in [4.69, 9.17) is 5.73 Å². The molecule has 1 aliphatic heterocycles. The minimum Gasteiger partial charge on any atom is -0.316 e. The van der Waals surface area contributed by atoms with Crippen LogP contribution in [0.15, 0.2) is 42.5 Å². The van der Waals surface area contributed by atoms with Gasteiger partial charge in [0.05, 0.1) is 6.17 Å². The Balaban J connectivity index is 1.63. The predicted molar refractivity (Wildman–Crippen MR) is 88.2 cm³/mol. The number of rotatable bonds is 2. The standard InChI is InChI=1S/C16H21N5O/c1-10-8-14(17)20-15(18-10)21-16(22)19-13-7-6-11-4-2-3-5-12(11)9-13/h2-7,9-10,14-15,18,20H,8,17H2,1H3,(H2,19,21,22). The average Bonchev–Trinajstić information content (AvgIpc) is 2.45. The lowest BCUT2D eigenvalue weighted by molar-refractivity contribution is 0.210. The summed E-state index contributed by atoms with van der Waals surface area (Å²) in [4.78, 5) is 12.1. The smallest absolute Gasteiger partial charge is 0.316 e. The summed E-state index contributed by atoms with van der Waals surface area (Å²) in [5, 5.41) is 14.2. The molecule has 0 saturated carbocycles. The molecule has 0 aliphatic carbocycles. The van der Waals surface area contributed by atoms with Crippen LogP contribution >= 0.6 is 0 Å². The number of nitrogens with two attached hydrogens (primary N) is 1. The first-order chi connectivity index (χ1) is 10.6. The Morgan fingerprint density at radius 3 is 2.73 bits per heavy atom. The predicted octanol–water partition coefficient (Wildman–Crippen LogP) is 1.50. The maximum absolute atomic E-state index is 12.1.